The molecule has 1 N–H and O–H groups in total. The van der Waals surface area contributed by atoms with E-state index in [0.717, 1.165) is 49.5 Å². The molecule has 0 amide bonds. The fourth-order valence-electron chi connectivity index (χ4n) is 3.03. The molecule has 2 aromatic heterocycles. The largest absolute Gasteiger partial charge is 0.339 e. The average Bonchev–Trinajstić information content (AvgIpc) is 3.02. The van der Waals surface area contributed by atoms with Crippen LogP contribution in [0.25, 0.3) is 22.3 Å². The number of H-pyrrole nitrogens is 1. The first-order valence-corrected chi connectivity index (χ1v) is 7.99. The number of fused-ring (bicyclic) bond motifs is 1. The molecule has 0 bridgehead atoms. The van der Waals surface area contributed by atoms with Gasteiger partial charge in [0.25, 0.3) is 0 Å². The van der Waals surface area contributed by atoms with E-state index >= 15 is 0 Å². The Balaban J connectivity index is 1.49. The summed E-state index contributed by atoms with van der Waals surface area (Å²) in [5.74, 6) is 0. The highest BCUT2D eigenvalue weighted by atomic mass is 15.2. The Morgan fingerprint density at radius 2 is 1.91 bits per heavy atom. The van der Waals surface area contributed by atoms with Crippen LogP contribution in [-0.4, -0.2) is 58.0 Å². The van der Waals surface area contributed by atoms with Crippen LogP contribution in [0.3, 0.4) is 0 Å². The molecule has 1 fully saturated rings. The van der Waals surface area contributed by atoms with Crippen molar-refractivity contribution in [1.82, 2.24) is 24.8 Å². The van der Waals surface area contributed by atoms with Crippen LogP contribution in [0.1, 0.15) is 5.56 Å². The van der Waals surface area contributed by atoms with E-state index in [-0.39, 0.29) is 0 Å². The Morgan fingerprint density at radius 1 is 1.13 bits per heavy atom. The van der Waals surface area contributed by atoms with Gasteiger partial charge in [0.1, 0.15) is 18.2 Å². The smallest absolute Gasteiger partial charge is 0.141 e. The fraction of sp³-hybridized carbons (Fsp3) is 0.333. The zero-order valence-electron chi connectivity index (χ0n) is 13.3. The Labute approximate surface area is 136 Å². The van der Waals surface area contributed by atoms with Crippen molar-refractivity contribution < 1.29 is 0 Å². The minimum absolute atomic E-state index is 0.830. The highest BCUT2D eigenvalue weighted by Crippen LogP contribution is 2.23. The number of nitrogens with zero attached hydrogens (tertiary/aromatic N) is 4. The molecule has 117 valence electrons. The minimum Gasteiger partial charge on any atom is -0.339 e. The number of nitrogens with one attached hydrogen (secondary N) is 1. The van der Waals surface area contributed by atoms with Gasteiger partial charge in [-0.05, 0) is 24.2 Å². The molecular weight excluding hydrogens is 286 g/mol. The molecule has 1 aromatic carbocycles. The van der Waals surface area contributed by atoms with Crippen LogP contribution in [0.5, 0.6) is 0 Å². The lowest BCUT2D eigenvalue weighted by molar-refractivity contribution is 0.148. The van der Waals surface area contributed by atoms with Gasteiger partial charge in [-0.1, -0.05) is 24.3 Å². The van der Waals surface area contributed by atoms with Crippen molar-refractivity contribution in [3.63, 3.8) is 0 Å². The second-order valence-electron chi connectivity index (χ2n) is 6.21. The first-order chi connectivity index (χ1) is 11.3. The van der Waals surface area contributed by atoms with Crippen LogP contribution in [-0.2, 0) is 6.54 Å². The maximum atomic E-state index is 4.22. The van der Waals surface area contributed by atoms with E-state index in [9.17, 15) is 0 Å². The number of aromatic nitrogens is 3. The van der Waals surface area contributed by atoms with Crippen LogP contribution in [0.4, 0.5) is 0 Å². The lowest BCUT2D eigenvalue weighted by Gasteiger charge is -2.32. The molecule has 23 heavy (non-hydrogen) atoms. The van der Waals surface area contributed by atoms with Crippen molar-refractivity contribution >= 4 is 11.0 Å². The molecule has 1 radical (unpaired) electrons. The Bertz CT molecular complexity index is 752. The van der Waals surface area contributed by atoms with Gasteiger partial charge in [-0.3, -0.25) is 4.90 Å². The summed E-state index contributed by atoms with van der Waals surface area (Å²) in [5.41, 5.74) is 4.42. The molecular formula is C18H20N5. The van der Waals surface area contributed by atoms with Crippen molar-refractivity contribution in [1.29, 1.82) is 0 Å². The van der Waals surface area contributed by atoms with E-state index in [2.05, 4.69) is 62.3 Å². The highest BCUT2D eigenvalue weighted by molar-refractivity contribution is 5.81. The van der Waals surface area contributed by atoms with E-state index in [1.54, 1.807) is 0 Å². The van der Waals surface area contributed by atoms with Gasteiger partial charge in [0.05, 0.1) is 0 Å². The third kappa shape index (κ3) is 3.11. The van der Waals surface area contributed by atoms with Gasteiger partial charge < -0.3 is 9.88 Å². The number of piperazine rings is 1. The molecule has 0 unspecified atom stereocenters. The van der Waals surface area contributed by atoms with E-state index < -0.39 is 0 Å². The first-order valence-electron chi connectivity index (χ1n) is 7.99. The van der Waals surface area contributed by atoms with Crippen LogP contribution in [0.15, 0.2) is 36.7 Å². The molecule has 0 aliphatic carbocycles. The Kier molecular flexibility index (Phi) is 3.81. The van der Waals surface area contributed by atoms with Crippen molar-refractivity contribution in [2.24, 2.45) is 0 Å². The van der Waals surface area contributed by atoms with Crippen LogP contribution < -0.4 is 0 Å². The van der Waals surface area contributed by atoms with E-state index in [4.69, 9.17) is 0 Å². The maximum Gasteiger partial charge on any atom is 0.141 e. The van der Waals surface area contributed by atoms with Gasteiger partial charge in [0.2, 0.25) is 0 Å². The van der Waals surface area contributed by atoms with Crippen LogP contribution in [0.2, 0.25) is 0 Å². The quantitative estimate of drug-likeness (QED) is 0.806. The standard InChI is InChI=1S/C18H20N5/c1-22-6-8-23(9-7-22)12-14-2-4-15(5-3-14)17-10-16-11-19-13-20-18(16)21-17/h2-5,10,13H,6-9,12H2,1H3,(H,19,20,21). The molecule has 1 aliphatic heterocycles. The van der Waals surface area contributed by atoms with Crippen molar-refractivity contribution in [2.45, 2.75) is 6.54 Å². The number of likely N-dealkylation sites (N-methyl/N-ethyl adjacent to an activating group) is 1. The van der Waals surface area contributed by atoms with Gasteiger partial charge in [0, 0.05) is 43.8 Å². The number of rotatable bonds is 3. The summed E-state index contributed by atoms with van der Waals surface area (Å²) in [7, 11) is 2.19. The summed E-state index contributed by atoms with van der Waals surface area (Å²) < 4.78 is 0. The summed E-state index contributed by atoms with van der Waals surface area (Å²) in [5, 5.41) is 0.920. The zero-order valence-corrected chi connectivity index (χ0v) is 13.3. The first kappa shape index (κ1) is 14.4. The monoisotopic (exact) mass is 306 g/mol. The Hall–Kier alpha value is -2.24. The lowest BCUT2D eigenvalue weighted by Crippen LogP contribution is -2.43. The third-order valence-corrected chi connectivity index (χ3v) is 4.49. The summed E-state index contributed by atoms with van der Waals surface area (Å²) in [4.78, 5) is 16.4. The van der Waals surface area contributed by atoms with E-state index in [1.165, 1.54) is 17.5 Å². The summed E-state index contributed by atoms with van der Waals surface area (Å²) in [6.07, 6.45) is 4.47. The van der Waals surface area contributed by atoms with E-state index in [1.807, 2.05) is 6.07 Å². The summed E-state index contributed by atoms with van der Waals surface area (Å²) >= 11 is 0. The summed E-state index contributed by atoms with van der Waals surface area (Å²) in [6.45, 7) is 5.64. The molecule has 1 aliphatic rings. The highest BCUT2D eigenvalue weighted by Gasteiger charge is 2.13. The molecule has 3 aromatic rings. The normalized spacial score (nSPS) is 16.9. The molecule has 0 atom stereocenters. The third-order valence-electron chi connectivity index (χ3n) is 4.49. The van der Waals surface area contributed by atoms with Crippen LogP contribution >= 0.6 is 0 Å². The molecule has 5 heteroatoms. The number of hydrogen-bond acceptors (Lipinski definition) is 4. The predicted octanol–water partition coefficient (Wildman–Crippen LogP) is 2.17. The molecule has 3 heterocycles. The van der Waals surface area contributed by atoms with Gasteiger partial charge >= 0.3 is 0 Å². The van der Waals surface area contributed by atoms with Gasteiger partial charge in [-0.15, -0.1) is 0 Å². The molecule has 0 spiro atoms. The van der Waals surface area contributed by atoms with Gasteiger partial charge in [-0.25, -0.2) is 9.97 Å². The van der Waals surface area contributed by atoms with E-state index in [0.29, 0.717) is 0 Å². The summed E-state index contributed by atoms with van der Waals surface area (Å²) in [6, 6.07) is 10.8. The number of hydrogen-bond donors (Lipinski definition) is 1. The fourth-order valence-corrected chi connectivity index (χ4v) is 3.03. The van der Waals surface area contributed by atoms with Crippen molar-refractivity contribution in [2.75, 3.05) is 33.2 Å². The predicted molar refractivity (Wildman–Crippen MR) is 90.9 cm³/mol. The zero-order chi connectivity index (χ0) is 15.6. The average molecular weight is 306 g/mol. The maximum absolute atomic E-state index is 4.22. The topological polar surface area (TPSA) is 48.1 Å². The van der Waals surface area contributed by atoms with Crippen LogP contribution in [0, 0.1) is 6.20 Å². The molecule has 1 saturated heterocycles. The van der Waals surface area contributed by atoms with Crippen molar-refractivity contribution in [3.05, 3.63) is 48.4 Å². The number of aromatic amines is 1. The second-order valence-corrected chi connectivity index (χ2v) is 6.21. The molecule has 4 rings (SSSR count). The van der Waals surface area contributed by atoms with Gasteiger partial charge in [-0.2, -0.15) is 0 Å². The number of benzene rings is 1. The Morgan fingerprint density at radius 3 is 2.65 bits per heavy atom. The molecule has 5 nitrogen and oxygen atoms in total. The molecule has 0 saturated carbocycles. The van der Waals surface area contributed by atoms with Crippen molar-refractivity contribution in [3.8, 4) is 11.3 Å². The van der Waals surface area contributed by atoms with Gasteiger partial charge in [0.15, 0.2) is 0 Å². The lowest BCUT2D eigenvalue weighted by atomic mass is 10.1. The SMILES string of the molecule is CN1CCN(Cc2ccc(-c3cc4[c]ncnc4[nH]3)cc2)CC1. The second kappa shape index (κ2) is 6.10. The minimum atomic E-state index is 0.830.